The monoisotopic (exact) mass is 262 g/mol. The highest BCUT2D eigenvalue weighted by Crippen LogP contribution is 2.40. The van der Waals surface area contributed by atoms with E-state index < -0.39 is 24.2 Å². The van der Waals surface area contributed by atoms with E-state index in [9.17, 15) is 23.1 Å². The van der Waals surface area contributed by atoms with Gasteiger partial charge in [0, 0.05) is 12.1 Å². The predicted molar refractivity (Wildman–Crippen MR) is 53.6 cm³/mol. The zero-order valence-electron chi connectivity index (χ0n) is 9.23. The van der Waals surface area contributed by atoms with Gasteiger partial charge < -0.3 is 9.52 Å². The summed E-state index contributed by atoms with van der Waals surface area (Å²) in [5.74, 6) is -1.46. The lowest BCUT2D eigenvalue weighted by molar-refractivity contribution is -0.297. The van der Waals surface area contributed by atoms with E-state index >= 15 is 0 Å². The summed E-state index contributed by atoms with van der Waals surface area (Å²) in [5.41, 5.74) is -3.31. The van der Waals surface area contributed by atoms with Gasteiger partial charge in [-0.25, -0.2) is 0 Å². The Labute approximate surface area is 99.5 Å². The van der Waals surface area contributed by atoms with Crippen LogP contribution in [0.25, 0.3) is 0 Å². The third kappa shape index (κ3) is 1.78. The largest absolute Gasteiger partial charge is 0.459 e. The number of alkyl halides is 3. The molecule has 1 aromatic rings. The SMILES string of the molecule is CC1=NN(C(=O)c2ccco2)[C@@](O)(C(F)(F)F)C1. The minimum absolute atomic E-state index is 0.00901. The van der Waals surface area contributed by atoms with Gasteiger partial charge in [-0.1, -0.05) is 0 Å². The lowest BCUT2D eigenvalue weighted by atomic mass is 10.1. The van der Waals surface area contributed by atoms with Crippen LogP contribution in [0.2, 0.25) is 0 Å². The Kier molecular flexibility index (Phi) is 2.69. The maximum Gasteiger partial charge on any atom is 0.438 e. The van der Waals surface area contributed by atoms with Crippen LogP contribution in [0.5, 0.6) is 0 Å². The van der Waals surface area contributed by atoms with Crippen molar-refractivity contribution in [3.63, 3.8) is 0 Å². The standard InChI is InChI=1S/C10H9F3N2O3/c1-6-5-9(17,10(11,12)13)15(14-6)8(16)7-3-2-4-18-7/h2-4,17H,5H2,1H3/t9-/m0/s1. The smallest absolute Gasteiger partial charge is 0.438 e. The molecular formula is C10H9F3N2O3. The number of hydrazone groups is 1. The van der Waals surface area contributed by atoms with E-state index in [-0.39, 0.29) is 16.5 Å². The molecule has 98 valence electrons. The van der Waals surface area contributed by atoms with Crippen molar-refractivity contribution in [1.29, 1.82) is 0 Å². The van der Waals surface area contributed by atoms with Crippen LogP contribution in [0.15, 0.2) is 27.9 Å². The summed E-state index contributed by atoms with van der Waals surface area (Å²) in [6.45, 7) is 1.30. The minimum Gasteiger partial charge on any atom is -0.459 e. The lowest BCUT2D eigenvalue weighted by Gasteiger charge is -2.32. The molecule has 1 aliphatic rings. The van der Waals surface area contributed by atoms with Gasteiger partial charge in [0.25, 0.3) is 5.72 Å². The topological polar surface area (TPSA) is 66.0 Å². The molecule has 5 nitrogen and oxygen atoms in total. The van der Waals surface area contributed by atoms with Crippen LogP contribution in [-0.4, -0.2) is 33.6 Å². The predicted octanol–water partition coefficient (Wildman–Crippen LogP) is 1.75. The maximum atomic E-state index is 12.8. The molecule has 2 rings (SSSR count). The molecule has 0 fully saturated rings. The average Bonchev–Trinajstić information content (AvgIpc) is 2.84. The van der Waals surface area contributed by atoms with Crippen LogP contribution < -0.4 is 0 Å². The number of aliphatic hydroxyl groups is 1. The highest BCUT2D eigenvalue weighted by molar-refractivity contribution is 5.95. The van der Waals surface area contributed by atoms with Crippen LogP contribution in [0.4, 0.5) is 13.2 Å². The van der Waals surface area contributed by atoms with Crippen molar-refractivity contribution >= 4 is 11.6 Å². The Balaban J connectivity index is 2.39. The Morgan fingerprint density at radius 3 is 2.78 bits per heavy atom. The first-order valence-corrected chi connectivity index (χ1v) is 4.97. The first-order valence-electron chi connectivity index (χ1n) is 4.97. The van der Waals surface area contributed by atoms with E-state index in [1.165, 1.54) is 19.1 Å². The molecule has 0 saturated heterocycles. The number of amides is 1. The van der Waals surface area contributed by atoms with E-state index in [2.05, 4.69) is 5.10 Å². The van der Waals surface area contributed by atoms with Crippen LogP contribution in [0.3, 0.4) is 0 Å². The second-order valence-corrected chi connectivity index (χ2v) is 3.92. The molecule has 1 amide bonds. The van der Waals surface area contributed by atoms with E-state index in [0.717, 1.165) is 6.26 Å². The molecule has 2 heterocycles. The Morgan fingerprint density at radius 2 is 2.28 bits per heavy atom. The summed E-state index contributed by atoms with van der Waals surface area (Å²) < 4.78 is 43.2. The van der Waals surface area contributed by atoms with Crippen molar-refractivity contribution in [1.82, 2.24) is 5.01 Å². The number of hydrogen-bond acceptors (Lipinski definition) is 4. The van der Waals surface area contributed by atoms with Gasteiger partial charge in [-0.15, -0.1) is 0 Å². The molecule has 0 radical (unpaired) electrons. The number of furan rings is 1. The third-order valence-corrected chi connectivity index (χ3v) is 2.50. The fraction of sp³-hybridized carbons (Fsp3) is 0.400. The molecule has 0 unspecified atom stereocenters. The summed E-state index contributed by atoms with van der Waals surface area (Å²) >= 11 is 0. The van der Waals surface area contributed by atoms with Crippen LogP contribution in [0.1, 0.15) is 23.9 Å². The number of carbonyl (C=O) groups excluding carboxylic acids is 1. The van der Waals surface area contributed by atoms with E-state index in [4.69, 9.17) is 4.42 Å². The van der Waals surface area contributed by atoms with Gasteiger partial charge in [-0.3, -0.25) is 4.79 Å². The van der Waals surface area contributed by atoms with Gasteiger partial charge in [0.1, 0.15) is 0 Å². The average molecular weight is 262 g/mol. The van der Waals surface area contributed by atoms with Crippen molar-refractivity contribution in [2.75, 3.05) is 0 Å². The first kappa shape index (κ1) is 12.6. The second-order valence-electron chi connectivity index (χ2n) is 3.92. The summed E-state index contributed by atoms with van der Waals surface area (Å²) in [6.07, 6.45) is -4.63. The number of rotatable bonds is 1. The third-order valence-electron chi connectivity index (χ3n) is 2.50. The second kappa shape index (κ2) is 3.84. The number of carbonyl (C=O) groups is 1. The molecule has 0 spiro atoms. The van der Waals surface area contributed by atoms with Gasteiger partial charge in [-0.2, -0.15) is 23.3 Å². The van der Waals surface area contributed by atoms with E-state index in [0.29, 0.717) is 0 Å². The molecule has 1 N–H and O–H groups in total. The Morgan fingerprint density at radius 1 is 1.61 bits per heavy atom. The van der Waals surface area contributed by atoms with Crippen molar-refractivity contribution < 1.29 is 27.5 Å². The highest BCUT2D eigenvalue weighted by atomic mass is 19.4. The molecule has 0 aliphatic carbocycles. The Bertz CT molecular complexity index is 495. The molecule has 0 bridgehead atoms. The number of halogens is 3. The summed E-state index contributed by atoms with van der Waals surface area (Å²) in [5, 5.41) is 13.1. The van der Waals surface area contributed by atoms with E-state index in [1.807, 2.05) is 0 Å². The maximum absolute atomic E-state index is 12.8. The van der Waals surface area contributed by atoms with Crippen molar-refractivity contribution in [3.05, 3.63) is 24.2 Å². The molecule has 0 aromatic carbocycles. The molecule has 1 atom stereocenters. The lowest BCUT2D eigenvalue weighted by Crippen LogP contribution is -2.56. The zero-order chi connectivity index (χ0) is 13.6. The molecule has 8 heteroatoms. The van der Waals surface area contributed by atoms with Crippen LogP contribution in [0, 0.1) is 0 Å². The van der Waals surface area contributed by atoms with E-state index in [1.54, 1.807) is 0 Å². The van der Waals surface area contributed by atoms with Gasteiger partial charge in [0.15, 0.2) is 5.76 Å². The van der Waals surface area contributed by atoms with Crippen LogP contribution in [-0.2, 0) is 0 Å². The first-order chi connectivity index (χ1) is 8.25. The number of hydrogen-bond donors (Lipinski definition) is 1. The summed E-state index contributed by atoms with van der Waals surface area (Å²) in [4.78, 5) is 11.8. The fourth-order valence-corrected chi connectivity index (χ4v) is 1.66. The van der Waals surface area contributed by atoms with Gasteiger partial charge in [-0.05, 0) is 19.1 Å². The zero-order valence-corrected chi connectivity index (χ0v) is 9.23. The van der Waals surface area contributed by atoms with Gasteiger partial charge >= 0.3 is 12.1 Å². The molecular weight excluding hydrogens is 253 g/mol. The summed E-state index contributed by atoms with van der Waals surface area (Å²) in [6, 6.07) is 2.55. The molecule has 0 saturated carbocycles. The quantitative estimate of drug-likeness (QED) is 0.838. The highest BCUT2D eigenvalue weighted by Gasteiger charge is 2.63. The van der Waals surface area contributed by atoms with Crippen LogP contribution >= 0.6 is 0 Å². The number of nitrogens with zero attached hydrogens (tertiary/aromatic N) is 2. The van der Waals surface area contributed by atoms with Gasteiger partial charge in [0.2, 0.25) is 0 Å². The van der Waals surface area contributed by atoms with Crippen molar-refractivity contribution in [2.24, 2.45) is 5.10 Å². The summed E-state index contributed by atoms with van der Waals surface area (Å²) in [7, 11) is 0. The fourth-order valence-electron chi connectivity index (χ4n) is 1.66. The van der Waals surface area contributed by atoms with Crippen molar-refractivity contribution in [3.8, 4) is 0 Å². The molecule has 18 heavy (non-hydrogen) atoms. The normalized spacial score (nSPS) is 24.3. The van der Waals surface area contributed by atoms with Gasteiger partial charge in [0.05, 0.1) is 6.26 Å². The molecule has 1 aliphatic heterocycles. The van der Waals surface area contributed by atoms with Crippen molar-refractivity contribution in [2.45, 2.75) is 25.2 Å². The molecule has 1 aromatic heterocycles. The Hall–Kier alpha value is -1.83. The minimum atomic E-state index is -5.00.